The summed E-state index contributed by atoms with van der Waals surface area (Å²) < 4.78 is 31.8. The maximum absolute atomic E-state index is 13.6. The van der Waals surface area contributed by atoms with E-state index in [0.29, 0.717) is 5.56 Å². The van der Waals surface area contributed by atoms with Gasteiger partial charge in [-0.2, -0.15) is 0 Å². The van der Waals surface area contributed by atoms with Crippen LogP contribution in [-0.2, 0) is 21.9 Å². The minimum Gasteiger partial charge on any atom is -0.469 e. The number of halogens is 2. The molecule has 17 heavy (non-hydrogen) atoms. The molecule has 0 heterocycles. The van der Waals surface area contributed by atoms with Gasteiger partial charge in [0.05, 0.1) is 13.5 Å². The van der Waals surface area contributed by atoms with Crippen LogP contribution in [0.2, 0.25) is 0 Å². The van der Waals surface area contributed by atoms with Crippen LogP contribution < -0.4 is 0 Å². The number of esters is 1. The van der Waals surface area contributed by atoms with Gasteiger partial charge >= 0.3 is 5.97 Å². The quantitative estimate of drug-likeness (QED) is 0.758. The van der Waals surface area contributed by atoms with Gasteiger partial charge < -0.3 is 4.74 Å². The van der Waals surface area contributed by atoms with Crippen LogP contribution in [0.5, 0.6) is 0 Å². The molecule has 0 N–H and O–H groups in total. The summed E-state index contributed by atoms with van der Waals surface area (Å²) >= 11 is 0. The van der Waals surface area contributed by atoms with E-state index in [1.54, 1.807) is 0 Å². The van der Waals surface area contributed by atoms with E-state index in [2.05, 4.69) is 4.74 Å². The van der Waals surface area contributed by atoms with Crippen LogP contribution in [0.4, 0.5) is 8.78 Å². The topological polar surface area (TPSA) is 26.3 Å². The van der Waals surface area contributed by atoms with Gasteiger partial charge in [0, 0.05) is 11.5 Å². The second-order valence-corrected chi connectivity index (χ2v) is 4.23. The molecule has 0 aromatic heterocycles. The summed E-state index contributed by atoms with van der Waals surface area (Å²) in [5.41, 5.74) is 0.640. The van der Waals surface area contributed by atoms with E-state index < -0.39 is 11.8 Å². The average molecular weight is 242 g/mol. The highest BCUT2D eigenvalue weighted by Gasteiger charge is 2.35. The zero-order chi connectivity index (χ0) is 13.1. The van der Waals surface area contributed by atoms with Gasteiger partial charge in [0.15, 0.2) is 0 Å². The van der Waals surface area contributed by atoms with Gasteiger partial charge in [-0.3, -0.25) is 4.79 Å². The molecule has 0 fully saturated rings. The predicted octanol–water partition coefficient (Wildman–Crippen LogP) is 3.15. The number of ether oxygens (including phenoxy) is 1. The third-order valence-electron chi connectivity index (χ3n) is 2.64. The molecule has 0 unspecified atom stereocenters. The Hall–Kier alpha value is -1.45. The lowest BCUT2D eigenvalue weighted by Crippen LogP contribution is -2.20. The molecule has 0 saturated carbocycles. The Kier molecular flexibility index (Phi) is 4.21. The van der Waals surface area contributed by atoms with Gasteiger partial charge in [-0.15, -0.1) is 0 Å². The number of hydrogen-bond acceptors (Lipinski definition) is 2. The second-order valence-electron chi connectivity index (χ2n) is 4.23. The second kappa shape index (κ2) is 5.25. The predicted molar refractivity (Wildman–Crippen MR) is 60.9 cm³/mol. The van der Waals surface area contributed by atoms with Crippen LogP contribution in [0.25, 0.3) is 0 Å². The number of methoxy groups -OCH3 is 1. The Morgan fingerprint density at radius 1 is 1.29 bits per heavy atom. The van der Waals surface area contributed by atoms with Crippen LogP contribution in [0.3, 0.4) is 0 Å². The van der Waals surface area contributed by atoms with E-state index in [1.165, 1.54) is 45.2 Å². The normalized spacial score (nSPS) is 11.6. The number of benzene rings is 1. The molecule has 1 aromatic rings. The highest BCUT2D eigenvalue weighted by molar-refractivity contribution is 5.72. The molecule has 0 aliphatic rings. The van der Waals surface area contributed by atoms with Crippen molar-refractivity contribution in [2.24, 2.45) is 5.92 Å². The molecule has 0 aliphatic heterocycles. The van der Waals surface area contributed by atoms with Crippen LogP contribution >= 0.6 is 0 Å². The molecule has 0 atom stereocenters. The van der Waals surface area contributed by atoms with E-state index >= 15 is 0 Å². The lowest BCUT2D eigenvalue weighted by atomic mass is 9.96. The third-order valence-corrected chi connectivity index (χ3v) is 2.64. The van der Waals surface area contributed by atoms with Gasteiger partial charge in [0.25, 0.3) is 5.92 Å². The summed E-state index contributed by atoms with van der Waals surface area (Å²) in [7, 11) is 1.30. The Labute approximate surface area is 99.6 Å². The molecule has 0 bridgehead atoms. The molecule has 4 heteroatoms. The van der Waals surface area contributed by atoms with Crippen molar-refractivity contribution in [2.75, 3.05) is 7.11 Å². The van der Waals surface area contributed by atoms with Crippen molar-refractivity contribution in [1.82, 2.24) is 0 Å². The lowest BCUT2D eigenvalue weighted by molar-refractivity contribution is -0.139. The summed E-state index contributed by atoms with van der Waals surface area (Å²) in [6.07, 6.45) is 0.101. The van der Waals surface area contributed by atoms with E-state index in [9.17, 15) is 13.6 Å². The van der Waals surface area contributed by atoms with Crippen LogP contribution in [0.1, 0.15) is 25.0 Å². The Morgan fingerprint density at radius 3 is 2.24 bits per heavy atom. The standard InChI is InChI=1S/C13H16F2O2/c1-9(2)13(14,15)11-6-4-10(5-7-11)8-12(16)17-3/h4-7,9H,8H2,1-3H3. The third kappa shape index (κ3) is 3.25. The van der Waals surface area contributed by atoms with E-state index in [1.807, 2.05) is 0 Å². The minimum atomic E-state index is -2.84. The highest BCUT2D eigenvalue weighted by Crippen LogP contribution is 2.35. The lowest BCUT2D eigenvalue weighted by Gasteiger charge is -2.20. The van der Waals surface area contributed by atoms with Crippen molar-refractivity contribution in [1.29, 1.82) is 0 Å². The molecule has 0 saturated heterocycles. The minimum absolute atomic E-state index is 0.0267. The fraction of sp³-hybridized carbons (Fsp3) is 0.462. The number of alkyl halides is 2. The number of carbonyl (C=O) groups is 1. The molecule has 0 amide bonds. The van der Waals surface area contributed by atoms with E-state index in [0.717, 1.165) is 0 Å². The molecule has 0 spiro atoms. The summed E-state index contributed by atoms with van der Waals surface area (Å²) in [4.78, 5) is 11.0. The SMILES string of the molecule is COC(=O)Cc1ccc(C(F)(F)C(C)C)cc1. The van der Waals surface area contributed by atoms with Gasteiger partial charge in [-0.1, -0.05) is 38.1 Å². The number of hydrogen-bond donors (Lipinski definition) is 0. The monoisotopic (exact) mass is 242 g/mol. The fourth-order valence-corrected chi connectivity index (χ4v) is 1.42. The van der Waals surface area contributed by atoms with Crippen LogP contribution in [0, 0.1) is 5.92 Å². The smallest absolute Gasteiger partial charge is 0.309 e. The van der Waals surface area contributed by atoms with Crippen molar-refractivity contribution in [3.05, 3.63) is 35.4 Å². The number of rotatable bonds is 4. The summed E-state index contributed by atoms with van der Waals surface area (Å²) in [5.74, 6) is -3.98. The summed E-state index contributed by atoms with van der Waals surface area (Å²) in [5, 5.41) is 0. The average Bonchev–Trinajstić information content (AvgIpc) is 2.29. The first-order valence-electron chi connectivity index (χ1n) is 5.42. The fourth-order valence-electron chi connectivity index (χ4n) is 1.42. The molecular weight excluding hydrogens is 226 g/mol. The molecule has 2 nitrogen and oxygen atoms in total. The molecule has 94 valence electrons. The highest BCUT2D eigenvalue weighted by atomic mass is 19.3. The van der Waals surface area contributed by atoms with Crippen molar-refractivity contribution >= 4 is 5.97 Å². The summed E-state index contributed by atoms with van der Waals surface area (Å²) in [6.45, 7) is 2.95. The maximum Gasteiger partial charge on any atom is 0.309 e. The van der Waals surface area contributed by atoms with Crippen LogP contribution in [0.15, 0.2) is 24.3 Å². The zero-order valence-corrected chi connectivity index (χ0v) is 10.2. The Morgan fingerprint density at radius 2 is 1.82 bits per heavy atom. The largest absolute Gasteiger partial charge is 0.469 e. The Balaban J connectivity index is 2.85. The molecule has 1 aromatic carbocycles. The number of carbonyl (C=O) groups excluding carboxylic acids is 1. The van der Waals surface area contributed by atoms with Crippen LogP contribution in [-0.4, -0.2) is 13.1 Å². The van der Waals surface area contributed by atoms with Gasteiger partial charge in [0.2, 0.25) is 0 Å². The van der Waals surface area contributed by atoms with Gasteiger partial charge in [-0.05, 0) is 5.56 Å². The molecule has 1 rings (SSSR count). The molecule has 0 aliphatic carbocycles. The molecular formula is C13H16F2O2. The van der Waals surface area contributed by atoms with Gasteiger partial charge in [0.1, 0.15) is 0 Å². The van der Waals surface area contributed by atoms with Crippen molar-refractivity contribution < 1.29 is 18.3 Å². The first kappa shape index (κ1) is 13.6. The zero-order valence-electron chi connectivity index (χ0n) is 10.2. The van der Waals surface area contributed by atoms with Crippen molar-refractivity contribution in [3.63, 3.8) is 0 Å². The summed E-state index contributed by atoms with van der Waals surface area (Å²) in [6, 6.07) is 5.78. The van der Waals surface area contributed by atoms with Gasteiger partial charge in [-0.25, -0.2) is 8.78 Å². The Bertz CT molecular complexity index is 383. The first-order valence-corrected chi connectivity index (χ1v) is 5.42. The van der Waals surface area contributed by atoms with Crippen molar-refractivity contribution in [3.8, 4) is 0 Å². The van der Waals surface area contributed by atoms with Crippen molar-refractivity contribution in [2.45, 2.75) is 26.2 Å². The van der Waals surface area contributed by atoms with E-state index in [-0.39, 0.29) is 18.0 Å². The first-order chi connectivity index (χ1) is 7.87. The maximum atomic E-state index is 13.6. The van der Waals surface area contributed by atoms with E-state index in [4.69, 9.17) is 0 Å². The molecule has 0 radical (unpaired) electrons.